The predicted octanol–water partition coefficient (Wildman–Crippen LogP) is 6.42. The number of hydrogen-bond acceptors (Lipinski definition) is 9. The van der Waals surface area contributed by atoms with Crippen LogP contribution >= 0.6 is 0 Å². The first-order chi connectivity index (χ1) is 22.8. The van der Waals surface area contributed by atoms with Gasteiger partial charge in [0.25, 0.3) is 5.56 Å². The maximum atomic E-state index is 14.3. The van der Waals surface area contributed by atoms with Crippen molar-refractivity contribution >= 4 is 0 Å². The second-order valence-corrected chi connectivity index (χ2v) is 11.6. The molecule has 1 N–H and O–H groups in total. The van der Waals surface area contributed by atoms with Crippen molar-refractivity contribution in [1.82, 2.24) is 29.9 Å². The number of rotatable bonds is 12. The van der Waals surface area contributed by atoms with Crippen molar-refractivity contribution < 1.29 is 13.7 Å². The Hall–Kier alpha value is -5.58. The Labute approximate surface area is 271 Å². The summed E-state index contributed by atoms with van der Waals surface area (Å²) >= 11 is 0. The topological polar surface area (TPSA) is 142 Å². The summed E-state index contributed by atoms with van der Waals surface area (Å²) in [5.41, 5.74) is 5.44. The highest BCUT2D eigenvalue weighted by atomic mass is 16.5. The van der Waals surface area contributed by atoms with Crippen molar-refractivity contribution in [3.8, 4) is 39.7 Å². The molecule has 0 saturated carbocycles. The summed E-state index contributed by atoms with van der Waals surface area (Å²) < 4.78 is 17.9. The van der Waals surface area contributed by atoms with E-state index in [9.17, 15) is 9.59 Å². The molecule has 0 radical (unpaired) electrons. The number of aryl methyl sites for hydroxylation is 1. The van der Waals surface area contributed by atoms with E-state index >= 15 is 0 Å². The number of methoxy groups -OCH3 is 1. The van der Waals surface area contributed by atoms with Gasteiger partial charge in [0.1, 0.15) is 11.6 Å². The first-order valence-electron chi connectivity index (χ1n) is 15.7. The predicted molar refractivity (Wildman–Crippen MR) is 177 cm³/mol. The van der Waals surface area contributed by atoms with Gasteiger partial charge in [-0.2, -0.15) is 0 Å². The van der Waals surface area contributed by atoms with Crippen LogP contribution < -0.4 is 16.1 Å². The van der Waals surface area contributed by atoms with Gasteiger partial charge in [-0.15, -0.1) is 10.2 Å². The molecule has 0 bridgehead atoms. The zero-order valence-corrected chi connectivity index (χ0v) is 26.8. The monoisotopic (exact) mass is 632 g/mol. The number of nitrogens with one attached hydrogen (secondary N) is 1. The summed E-state index contributed by atoms with van der Waals surface area (Å²) in [6.07, 6.45) is 2.75. The van der Waals surface area contributed by atoms with Crippen LogP contribution in [0, 0.1) is 0 Å². The summed E-state index contributed by atoms with van der Waals surface area (Å²) in [6.45, 7) is 6.56. The van der Waals surface area contributed by atoms with Crippen LogP contribution in [0.25, 0.3) is 34.0 Å². The molecule has 0 aliphatic rings. The molecule has 6 aromatic rings. The first-order valence-corrected chi connectivity index (χ1v) is 15.7. The van der Waals surface area contributed by atoms with E-state index in [1.165, 1.54) is 0 Å². The Morgan fingerprint density at radius 3 is 2.43 bits per heavy atom. The second kappa shape index (κ2) is 13.8. The fourth-order valence-electron chi connectivity index (χ4n) is 5.60. The largest absolute Gasteiger partial charge is 0.497 e. The summed E-state index contributed by atoms with van der Waals surface area (Å²) in [7, 11) is 1.60. The smallest absolute Gasteiger partial charge is 0.439 e. The molecule has 3 heterocycles. The molecule has 0 aliphatic heterocycles. The molecule has 0 saturated heterocycles. The van der Waals surface area contributed by atoms with Gasteiger partial charge in [0.2, 0.25) is 11.8 Å². The summed E-state index contributed by atoms with van der Waals surface area (Å²) in [6, 6.07) is 23.0. The highest BCUT2D eigenvalue weighted by Gasteiger charge is 2.22. The zero-order chi connectivity index (χ0) is 32.9. The number of unbranched alkanes of at least 4 members (excludes halogenated alkanes) is 1. The minimum atomic E-state index is -0.609. The number of nitrogens with zero attached hydrogens (tertiary/aromatic N) is 5. The number of benzene rings is 3. The maximum Gasteiger partial charge on any atom is 0.439 e. The van der Waals surface area contributed by atoms with E-state index in [0.717, 1.165) is 52.2 Å². The van der Waals surface area contributed by atoms with Gasteiger partial charge >= 0.3 is 5.76 Å². The van der Waals surface area contributed by atoms with E-state index in [4.69, 9.17) is 18.7 Å². The van der Waals surface area contributed by atoms with Gasteiger partial charge in [-0.25, -0.2) is 9.78 Å². The van der Waals surface area contributed by atoms with E-state index in [1.54, 1.807) is 11.7 Å². The molecule has 0 unspecified atom stereocenters. The lowest BCUT2D eigenvalue weighted by Gasteiger charge is -2.19. The van der Waals surface area contributed by atoms with Gasteiger partial charge in [0.15, 0.2) is 5.82 Å². The second-order valence-electron chi connectivity index (χ2n) is 11.6. The van der Waals surface area contributed by atoms with Crippen molar-refractivity contribution in [3.63, 3.8) is 0 Å². The highest BCUT2D eigenvalue weighted by molar-refractivity contribution is 5.80. The molecule has 0 amide bonds. The zero-order valence-electron chi connectivity index (χ0n) is 26.8. The van der Waals surface area contributed by atoms with E-state index in [1.807, 2.05) is 86.6 Å². The Bertz CT molecular complexity index is 2110. The van der Waals surface area contributed by atoms with Gasteiger partial charge in [-0.05, 0) is 47.2 Å². The van der Waals surface area contributed by atoms with Crippen LogP contribution in [0.3, 0.4) is 0 Å². The maximum absolute atomic E-state index is 14.3. The molecular weight excluding hydrogens is 596 g/mol. The highest BCUT2D eigenvalue weighted by Crippen LogP contribution is 2.30. The van der Waals surface area contributed by atoms with E-state index < -0.39 is 5.76 Å². The molecule has 6 rings (SSSR count). The SMILES string of the molecule is CCCCc1nc(C(C)C)c(Cc2nnc(-c3cccc(OC)c3)o2)c(=O)n1Cc1ccc(-c2ccccc2-c2noc(=O)[nH]2)cc1. The van der Waals surface area contributed by atoms with Gasteiger partial charge in [-0.3, -0.25) is 18.9 Å². The molecule has 0 fully saturated rings. The molecular formula is C36H36N6O5. The van der Waals surface area contributed by atoms with Gasteiger partial charge in [0, 0.05) is 23.1 Å². The lowest BCUT2D eigenvalue weighted by atomic mass is 9.98. The summed E-state index contributed by atoms with van der Waals surface area (Å²) in [5.74, 6) is 1.92. The normalized spacial score (nSPS) is 11.3. The Morgan fingerprint density at radius 2 is 1.72 bits per heavy atom. The van der Waals surface area contributed by atoms with Crippen LogP contribution in [-0.4, -0.2) is 37.0 Å². The van der Waals surface area contributed by atoms with Crippen molar-refractivity contribution in [3.05, 3.63) is 122 Å². The average molecular weight is 633 g/mol. The third kappa shape index (κ3) is 6.84. The third-order valence-corrected chi connectivity index (χ3v) is 8.01. The number of H-pyrrole nitrogens is 1. The van der Waals surface area contributed by atoms with Crippen LogP contribution in [0.4, 0.5) is 0 Å². The van der Waals surface area contributed by atoms with Crippen LogP contribution in [0.2, 0.25) is 0 Å². The molecule has 11 nitrogen and oxygen atoms in total. The number of ether oxygens (including phenoxy) is 1. The van der Waals surface area contributed by atoms with Crippen molar-refractivity contribution in [2.75, 3.05) is 7.11 Å². The summed E-state index contributed by atoms with van der Waals surface area (Å²) in [4.78, 5) is 33.6. The molecule has 0 aliphatic carbocycles. The van der Waals surface area contributed by atoms with Crippen LogP contribution in [0.15, 0.2) is 91.3 Å². The standard InChI is InChI=1S/C36H36N6O5/c1-5-6-14-30-37-32(22(2)3)29(20-31-39-40-34(46-31)25-10-9-11-26(19-25)45-4)35(43)42(30)21-23-15-17-24(18-16-23)27-12-7-8-13-28(27)33-38-36(44)47-41-33/h7-13,15-19,22H,5-6,14,20-21H2,1-4H3,(H,38,41,44). The molecule has 240 valence electrons. The van der Waals surface area contributed by atoms with Gasteiger partial charge in [-0.1, -0.05) is 86.9 Å². The molecule has 11 heteroatoms. The van der Waals surface area contributed by atoms with Crippen LogP contribution in [0.5, 0.6) is 5.75 Å². The minimum absolute atomic E-state index is 0.0208. The number of aromatic nitrogens is 6. The van der Waals surface area contributed by atoms with Crippen molar-refractivity contribution in [2.45, 2.75) is 58.9 Å². The third-order valence-electron chi connectivity index (χ3n) is 8.01. The molecule has 3 aromatic heterocycles. The lowest BCUT2D eigenvalue weighted by molar-refractivity contribution is 0.388. The van der Waals surface area contributed by atoms with Crippen LogP contribution in [-0.2, 0) is 19.4 Å². The van der Waals surface area contributed by atoms with Gasteiger partial charge < -0.3 is 9.15 Å². The Morgan fingerprint density at radius 1 is 0.936 bits per heavy atom. The summed E-state index contributed by atoms with van der Waals surface area (Å²) in [5, 5.41) is 12.4. The van der Waals surface area contributed by atoms with Gasteiger partial charge in [0.05, 0.1) is 25.8 Å². The van der Waals surface area contributed by atoms with Crippen LogP contribution in [0.1, 0.15) is 68.1 Å². The van der Waals surface area contributed by atoms with E-state index in [0.29, 0.717) is 41.9 Å². The van der Waals surface area contributed by atoms with E-state index in [2.05, 4.69) is 27.3 Å². The molecule has 47 heavy (non-hydrogen) atoms. The first kappa shape index (κ1) is 31.4. The molecule has 0 spiro atoms. The number of aromatic amines is 1. The number of hydrogen-bond donors (Lipinski definition) is 1. The molecule has 3 aromatic carbocycles. The lowest BCUT2D eigenvalue weighted by Crippen LogP contribution is -2.31. The fraction of sp³-hybridized carbons (Fsp3) is 0.278. The minimum Gasteiger partial charge on any atom is -0.497 e. The Balaban J connectivity index is 1.34. The quantitative estimate of drug-likeness (QED) is 0.162. The van der Waals surface area contributed by atoms with E-state index in [-0.39, 0.29) is 17.9 Å². The van der Waals surface area contributed by atoms with Crippen molar-refractivity contribution in [1.29, 1.82) is 0 Å². The van der Waals surface area contributed by atoms with Crippen molar-refractivity contribution in [2.24, 2.45) is 0 Å². The Kier molecular flexibility index (Phi) is 9.23. The average Bonchev–Trinajstić information content (AvgIpc) is 3.75. The molecule has 0 atom stereocenters. The fourth-order valence-corrected chi connectivity index (χ4v) is 5.60.